The van der Waals surface area contributed by atoms with Crippen LogP contribution in [0.3, 0.4) is 0 Å². The molecule has 0 bridgehead atoms. The summed E-state index contributed by atoms with van der Waals surface area (Å²) in [5, 5.41) is 0. The zero-order valence-corrected chi connectivity index (χ0v) is 10.9. The largest absolute Gasteiger partial charge is 0.103 e. The van der Waals surface area contributed by atoms with E-state index in [1.54, 1.807) is 0 Å². The Balaban J connectivity index is 2.96. The third-order valence-electron chi connectivity index (χ3n) is 2.73. The standard InChI is InChI=1S/C16H28/c1-3-5-7-9-11-13-15-16-14-12-10-8-6-4-2/h1-7,9,11-16H2. The van der Waals surface area contributed by atoms with Crippen molar-refractivity contribution in [2.45, 2.75) is 77.0 Å². The van der Waals surface area contributed by atoms with Crippen LogP contribution in [0.5, 0.6) is 0 Å². The summed E-state index contributed by atoms with van der Waals surface area (Å²) in [4.78, 5) is 0. The lowest BCUT2D eigenvalue weighted by molar-refractivity contribution is 0.572. The Kier molecular flexibility index (Phi) is 14.2. The van der Waals surface area contributed by atoms with E-state index >= 15 is 0 Å². The molecular formula is C16H28. The molecule has 2 radical (unpaired) electrons. The van der Waals surface area contributed by atoms with Gasteiger partial charge in [0.25, 0.3) is 0 Å². The molecule has 0 saturated heterocycles. The highest BCUT2D eigenvalue weighted by atomic mass is 14.0. The molecule has 0 saturated carbocycles. The van der Waals surface area contributed by atoms with E-state index in [0.29, 0.717) is 0 Å². The molecule has 0 N–H and O–H groups in total. The highest BCUT2D eigenvalue weighted by Crippen LogP contribution is 2.10. The van der Waals surface area contributed by atoms with E-state index in [1.807, 2.05) is 0 Å². The molecule has 0 spiro atoms. The van der Waals surface area contributed by atoms with Crippen LogP contribution in [0, 0.1) is 25.7 Å². The van der Waals surface area contributed by atoms with Crippen LogP contribution in [0.25, 0.3) is 0 Å². The molecule has 0 heteroatoms. The molecule has 0 aliphatic heterocycles. The molecule has 0 rings (SSSR count). The molecule has 0 unspecified atom stereocenters. The minimum absolute atomic E-state index is 0.945. The molecule has 0 aromatic carbocycles. The number of unbranched alkanes of at least 4 members (excludes halogenated alkanes) is 10. The molecular weight excluding hydrogens is 192 g/mol. The van der Waals surface area contributed by atoms with Crippen LogP contribution < -0.4 is 0 Å². The molecule has 92 valence electrons. The van der Waals surface area contributed by atoms with Crippen LogP contribution in [0.2, 0.25) is 0 Å². The van der Waals surface area contributed by atoms with Crippen LogP contribution in [0.1, 0.15) is 77.0 Å². The summed E-state index contributed by atoms with van der Waals surface area (Å²) in [6.45, 7) is 7.63. The van der Waals surface area contributed by atoms with E-state index in [0.717, 1.165) is 25.7 Å². The normalized spacial score (nSPS) is 9.88. The maximum atomic E-state index is 3.86. The second kappa shape index (κ2) is 14.6. The lowest BCUT2D eigenvalue weighted by Gasteiger charge is -2.00. The first-order valence-corrected chi connectivity index (χ1v) is 6.96. The van der Waals surface area contributed by atoms with Gasteiger partial charge in [-0.1, -0.05) is 65.2 Å². The Labute approximate surface area is 103 Å². The van der Waals surface area contributed by atoms with Gasteiger partial charge in [0.15, 0.2) is 0 Å². The second-order valence-electron chi connectivity index (χ2n) is 4.39. The van der Waals surface area contributed by atoms with Gasteiger partial charge < -0.3 is 0 Å². The lowest BCUT2D eigenvalue weighted by atomic mass is 10.1. The van der Waals surface area contributed by atoms with Crippen LogP contribution in [0.4, 0.5) is 0 Å². The molecule has 0 aliphatic rings. The topological polar surface area (TPSA) is 0 Å². The molecule has 0 aromatic heterocycles. The zero-order valence-electron chi connectivity index (χ0n) is 10.9. The highest BCUT2D eigenvalue weighted by molar-refractivity contribution is 4.98. The fraction of sp³-hybridized carbons (Fsp3) is 0.750. The van der Waals surface area contributed by atoms with Crippen LogP contribution >= 0.6 is 0 Å². The van der Waals surface area contributed by atoms with Gasteiger partial charge in [-0.25, -0.2) is 0 Å². The summed E-state index contributed by atoms with van der Waals surface area (Å²) < 4.78 is 0. The van der Waals surface area contributed by atoms with Gasteiger partial charge in [-0.3, -0.25) is 0 Å². The average molecular weight is 220 g/mol. The number of rotatable bonds is 10. The molecule has 0 fully saturated rings. The molecule has 0 nitrogen and oxygen atoms in total. The Bertz CT molecular complexity index is 170. The maximum Gasteiger partial charge on any atom is 0.00886 e. The van der Waals surface area contributed by atoms with Gasteiger partial charge in [0.05, 0.1) is 0 Å². The zero-order chi connectivity index (χ0) is 11.9. The van der Waals surface area contributed by atoms with Crippen molar-refractivity contribution in [3.8, 4) is 11.8 Å². The maximum absolute atomic E-state index is 3.86. The van der Waals surface area contributed by atoms with Crippen molar-refractivity contribution in [3.05, 3.63) is 13.8 Å². The second-order valence-corrected chi connectivity index (χ2v) is 4.39. The summed E-state index contributed by atoms with van der Waals surface area (Å²) in [6.07, 6.45) is 15.0. The first-order chi connectivity index (χ1) is 7.91. The third kappa shape index (κ3) is 13.6. The summed E-state index contributed by atoms with van der Waals surface area (Å²) >= 11 is 0. The van der Waals surface area contributed by atoms with E-state index in [9.17, 15) is 0 Å². The summed E-state index contributed by atoms with van der Waals surface area (Å²) in [5.74, 6) is 6.35. The quantitative estimate of drug-likeness (QED) is 0.344. The van der Waals surface area contributed by atoms with E-state index in [4.69, 9.17) is 0 Å². The van der Waals surface area contributed by atoms with Gasteiger partial charge in [0, 0.05) is 12.8 Å². The van der Waals surface area contributed by atoms with Crippen LogP contribution in [-0.2, 0) is 0 Å². The number of hydrogen-bond donors (Lipinski definition) is 0. The van der Waals surface area contributed by atoms with Crippen molar-refractivity contribution in [1.82, 2.24) is 0 Å². The summed E-state index contributed by atoms with van der Waals surface area (Å²) in [6, 6.07) is 0. The van der Waals surface area contributed by atoms with Crippen molar-refractivity contribution >= 4 is 0 Å². The predicted octanol–water partition coefficient (Wildman–Crippen LogP) is 5.34. The van der Waals surface area contributed by atoms with Crippen LogP contribution in [0.15, 0.2) is 0 Å². The van der Waals surface area contributed by atoms with Gasteiger partial charge in [0.2, 0.25) is 0 Å². The van der Waals surface area contributed by atoms with E-state index in [1.165, 1.54) is 51.4 Å². The van der Waals surface area contributed by atoms with Gasteiger partial charge in [-0.2, -0.15) is 0 Å². The van der Waals surface area contributed by atoms with Gasteiger partial charge >= 0.3 is 0 Å². The van der Waals surface area contributed by atoms with E-state index in [2.05, 4.69) is 25.7 Å². The van der Waals surface area contributed by atoms with Gasteiger partial charge in [-0.15, -0.1) is 11.8 Å². The van der Waals surface area contributed by atoms with E-state index in [-0.39, 0.29) is 0 Å². The SMILES string of the molecule is [CH2]CCC#CCCCCCCCCCC[CH2]. The van der Waals surface area contributed by atoms with E-state index < -0.39 is 0 Å². The average Bonchev–Trinajstić information content (AvgIpc) is 2.31. The van der Waals surface area contributed by atoms with Crippen molar-refractivity contribution in [2.24, 2.45) is 0 Å². The molecule has 0 atom stereocenters. The Morgan fingerprint density at radius 3 is 1.56 bits per heavy atom. The van der Waals surface area contributed by atoms with Crippen molar-refractivity contribution < 1.29 is 0 Å². The van der Waals surface area contributed by atoms with Crippen molar-refractivity contribution in [2.75, 3.05) is 0 Å². The first kappa shape index (κ1) is 15.6. The first-order valence-electron chi connectivity index (χ1n) is 6.96. The molecule has 0 heterocycles. The van der Waals surface area contributed by atoms with Crippen LogP contribution in [-0.4, -0.2) is 0 Å². The Morgan fingerprint density at radius 2 is 1.00 bits per heavy atom. The highest BCUT2D eigenvalue weighted by Gasteiger charge is 1.90. The Hall–Kier alpha value is -0.440. The molecule has 0 aliphatic carbocycles. The minimum atomic E-state index is 0.945. The Morgan fingerprint density at radius 1 is 0.500 bits per heavy atom. The van der Waals surface area contributed by atoms with Crippen molar-refractivity contribution in [3.63, 3.8) is 0 Å². The number of hydrogen-bond acceptors (Lipinski definition) is 0. The third-order valence-corrected chi connectivity index (χ3v) is 2.73. The van der Waals surface area contributed by atoms with Gasteiger partial charge in [-0.05, 0) is 12.8 Å². The fourth-order valence-electron chi connectivity index (χ4n) is 1.72. The molecule has 16 heavy (non-hydrogen) atoms. The van der Waals surface area contributed by atoms with Crippen molar-refractivity contribution in [1.29, 1.82) is 0 Å². The molecule has 0 amide bonds. The molecule has 0 aromatic rings. The smallest absolute Gasteiger partial charge is 0.00886 e. The summed E-state index contributed by atoms with van der Waals surface area (Å²) in [7, 11) is 0. The monoisotopic (exact) mass is 220 g/mol. The minimum Gasteiger partial charge on any atom is -0.103 e. The predicted molar refractivity (Wildman–Crippen MR) is 73.9 cm³/mol. The fourth-order valence-corrected chi connectivity index (χ4v) is 1.72. The van der Waals surface area contributed by atoms with Gasteiger partial charge in [0.1, 0.15) is 0 Å². The summed E-state index contributed by atoms with van der Waals surface area (Å²) in [5.41, 5.74) is 0. The lowest BCUT2D eigenvalue weighted by Crippen LogP contribution is -1.80.